The minimum atomic E-state index is 0.482. The van der Waals surface area contributed by atoms with E-state index in [1.165, 1.54) is 24.1 Å². The lowest BCUT2D eigenvalue weighted by Crippen LogP contribution is -2.35. The van der Waals surface area contributed by atoms with Crippen LogP contribution in [0, 0.1) is 5.92 Å². The fraction of sp³-hybridized carbons (Fsp3) is 0.647. The molecular weight excluding hydrogens is 268 g/mol. The number of anilines is 1. The number of rotatable bonds is 7. The number of benzene rings is 1. The Hall–Kier alpha value is -0.730. The predicted molar refractivity (Wildman–Crippen MR) is 88.6 cm³/mol. The Morgan fingerprint density at radius 2 is 1.95 bits per heavy atom. The minimum absolute atomic E-state index is 0.482. The lowest BCUT2D eigenvalue weighted by atomic mass is 10.1. The van der Waals surface area contributed by atoms with Gasteiger partial charge in [0.2, 0.25) is 0 Å². The average Bonchev–Trinajstić information content (AvgIpc) is 3.18. The van der Waals surface area contributed by atoms with Crippen LogP contribution in [-0.2, 0) is 6.54 Å². The first-order valence-corrected chi connectivity index (χ1v) is 8.14. The van der Waals surface area contributed by atoms with Gasteiger partial charge in [0, 0.05) is 41.4 Å². The third-order valence-corrected chi connectivity index (χ3v) is 4.09. The molecule has 0 aromatic heterocycles. The van der Waals surface area contributed by atoms with Gasteiger partial charge in [0.05, 0.1) is 0 Å². The van der Waals surface area contributed by atoms with Gasteiger partial charge >= 0.3 is 0 Å². The molecule has 3 heteroatoms. The van der Waals surface area contributed by atoms with Crippen LogP contribution in [0.4, 0.5) is 5.69 Å². The summed E-state index contributed by atoms with van der Waals surface area (Å²) >= 11 is 6.45. The second-order valence-electron chi connectivity index (χ2n) is 6.53. The van der Waals surface area contributed by atoms with Gasteiger partial charge in [-0.1, -0.05) is 31.5 Å². The molecule has 0 saturated heterocycles. The molecule has 0 amide bonds. The summed E-state index contributed by atoms with van der Waals surface area (Å²) in [6, 6.07) is 7.46. The molecule has 0 heterocycles. The topological polar surface area (TPSA) is 15.3 Å². The molecular formula is C17H27ClN2. The maximum atomic E-state index is 6.45. The zero-order valence-corrected chi connectivity index (χ0v) is 13.9. The second-order valence-corrected chi connectivity index (χ2v) is 6.94. The van der Waals surface area contributed by atoms with Crippen molar-refractivity contribution in [3.05, 3.63) is 28.8 Å². The van der Waals surface area contributed by atoms with Crippen LogP contribution < -0.4 is 10.2 Å². The molecule has 1 aromatic carbocycles. The SMILES string of the molecule is CC(C)CN(c1cccc(Cl)c1CNC1CC1)C(C)C. The molecule has 20 heavy (non-hydrogen) atoms. The summed E-state index contributed by atoms with van der Waals surface area (Å²) in [6.07, 6.45) is 2.61. The Morgan fingerprint density at radius 1 is 1.25 bits per heavy atom. The van der Waals surface area contributed by atoms with Crippen LogP contribution in [0.15, 0.2) is 18.2 Å². The van der Waals surface area contributed by atoms with Crippen molar-refractivity contribution in [1.29, 1.82) is 0 Å². The highest BCUT2D eigenvalue weighted by Gasteiger charge is 2.22. The highest BCUT2D eigenvalue weighted by atomic mass is 35.5. The van der Waals surface area contributed by atoms with Gasteiger partial charge in [-0.2, -0.15) is 0 Å². The Labute approximate surface area is 128 Å². The van der Waals surface area contributed by atoms with Gasteiger partial charge in [-0.15, -0.1) is 0 Å². The first-order valence-electron chi connectivity index (χ1n) is 7.76. The van der Waals surface area contributed by atoms with Crippen molar-refractivity contribution in [3.8, 4) is 0 Å². The van der Waals surface area contributed by atoms with Crippen LogP contribution in [0.2, 0.25) is 5.02 Å². The van der Waals surface area contributed by atoms with E-state index in [2.05, 4.69) is 50.0 Å². The van der Waals surface area contributed by atoms with E-state index in [1.807, 2.05) is 6.07 Å². The molecule has 1 N–H and O–H groups in total. The third-order valence-electron chi connectivity index (χ3n) is 3.73. The van der Waals surface area contributed by atoms with Crippen molar-refractivity contribution in [2.24, 2.45) is 5.92 Å². The molecule has 112 valence electrons. The van der Waals surface area contributed by atoms with E-state index in [1.54, 1.807) is 0 Å². The van der Waals surface area contributed by atoms with E-state index < -0.39 is 0 Å². The van der Waals surface area contributed by atoms with E-state index >= 15 is 0 Å². The molecule has 0 bridgehead atoms. The van der Waals surface area contributed by atoms with Gasteiger partial charge in [-0.3, -0.25) is 0 Å². The minimum Gasteiger partial charge on any atom is -0.369 e. The van der Waals surface area contributed by atoms with E-state index in [-0.39, 0.29) is 0 Å². The van der Waals surface area contributed by atoms with Gasteiger partial charge < -0.3 is 10.2 Å². The Morgan fingerprint density at radius 3 is 2.50 bits per heavy atom. The van der Waals surface area contributed by atoms with Crippen LogP contribution in [0.1, 0.15) is 46.1 Å². The molecule has 1 fully saturated rings. The molecule has 1 aliphatic carbocycles. The highest BCUT2D eigenvalue weighted by molar-refractivity contribution is 6.31. The normalized spacial score (nSPS) is 15.2. The molecule has 2 nitrogen and oxygen atoms in total. The van der Waals surface area contributed by atoms with Crippen LogP contribution in [0.3, 0.4) is 0 Å². The maximum absolute atomic E-state index is 6.45. The van der Waals surface area contributed by atoms with Crippen molar-refractivity contribution in [3.63, 3.8) is 0 Å². The van der Waals surface area contributed by atoms with Crippen molar-refractivity contribution in [2.75, 3.05) is 11.4 Å². The molecule has 0 spiro atoms. The Balaban J connectivity index is 2.24. The number of halogens is 1. The largest absolute Gasteiger partial charge is 0.369 e. The molecule has 0 aliphatic heterocycles. The maximum Gasteiger partial charge on any atom is 0.0471 e. The summed E-state index contributed by atoms with van der Waals surface area (Å²) in [5.41, 5.74) is 2.53. The van der Waals surface area contributed by atoms with Crippen LogP contribution in [0.5, 0.6) is 0 Å². The Kier molecular flexibility index (Phi) is 5.34. The van der Waals surface area contributed by atoms with Gasteiger partial charge in [0.15, 0.2) is 0 Å². The quantitative estimate of drug-likeness (QED) is 0.798. The van der Waals surface area contributed by atoms with E-state index in [9.17, 15) is 0 Å². The summed E-state index contributed by atoms with van der Waals surface area (Å²) in [5, 5.41) is 4.47. The third kappa shape index (κ3) is 4.13. The first-order chi connectivity index (χ1) is 9.49. The van der Waals surface area contributed by atoms with Gasteiger partial charge in [0.1, 0.15) is 0 Å². The van der Waals surface area contributed by atoms with Gasteiger partial charge in [-0.05, 0) is 44.7 Å². The summed E-state index contributed by atoms with van der Waals surface area (Å²) in [5.74, 6) is 0.639. The smallest absolute Gasteiger partial charge is 0.0471 e. The molecule has 0 unspecified atom stereocenters. The first kappa shape index (κ1) is 15.7. The summed E-state index contributed by atoms with van der Waals surface area (Å²) < 4.78 is 0. The molecule has 0 radical (unpaired) electrons. The molecule has 1 saturated carbocycles. The summed E-state index contributed by atoms with van der Waals surface area (Å²) in [6.45, 7) is 11.0. The number of hydrogen-bond acceptors (Lipinski definition) is 2. The molecule has 0 atom stereocenters. The van der Waals surface area contributed by atoms with E-state index in [0.717, 1.165) is 18.1 Å². The highest BCUT2D eigenvalue weighted by Crippen LogP contribution is 2.30. The van der Waals surface area contributed by atoms with Crippen molar-refractivity contribution < 1.29 is 0 Å². The standard InChI is InChI=1S/C17H27ClN2/c1-12(2)11-20(13(3)4)17-7-5-6-16(18)15(17)10-19-14-8-9-14/h5-7,12-14,19H,8-11H2,1-4H3. The second kappa shape index (κ2) is 6.82. The van der Waals surface area contributed by atoms with Crippen molar-refractivity contribution >= 4 is 17.3 Å². The predicted octanol–water partition coefficient (Wildman–Crippen LogP) is 4.46. The molecule has 1 aliphatic rings. The van der Waals surface area contributed by atoms with Crippen molar-refractivity contribution in [2.45, 2.75) is 59.2 Å². The van der Waals surface area contributed by atoms with Crippen molar-refractivity contribution in [1.82, 2.24) is 5.32 Å². The molecule has 1 aromatic rings. The van der Waals surface area contributed by atoms with Gasteiger partial charge in [-0.25, -0.2) is 0 Å². The number of hydrogen-bond donors (Lipinski definition) is 1. The summed E-state index contributed by atoms with van der Waals surface area (Å²) in [7, 11) is 0. The monoisotopic (exact) mass is 294 g/mol. The van der Waals surface area contributed by atoms with E-state index in [4.69, 9.17) is 11.6 Å². The zero-order chi connectivity index (χ0) is 14.7. The number of nitrogens with one attached hydrogen (secondary N) is 1. The molecule has 2 rings (SSSR count). The number of nitrogens with zero attached hydrogens (tertiary/aromatic N) is 1. The Bertz CT molecular complexity index is 439. The summed E-state index contributed by atoms with van der Waals surface area (Å²) in [4.78, 5) is 2.47. The fourth-order valence-electron chi connectivity index (χ4n) is 2.51. The fourth-order valence-corrected chi connectivity index (χ4v) is 2.74. The van der Waals surface area contributed by atoms with Gasteiger partial charge in [0.25, 0.3) is 0 Å². The lowest BCUT2D eigenvalue weighted by Gasteiger charge is -2.33. The zero-order valence-electron chi connectivity index (χ0n) is 13.1. The van der Waals surface area contributed by atoms with Crippen LogP contribution >= 0.6 is 11.6 Å². The average molecular weight is 295 g/mol. The lowest BCUT2D eigenvalue weighted by molar-refractivity contribution is 0.567. The van der Waals surface area contributed by atoms with Crippen LogP contribution in [0.25, 0.3) is 0 Å². The van der Waals surface area contributed by atoms with Crippen LogP contribution in [-0.4, -0.2) is 18.6 Å². The van der Waals surface area contributed by atoms with E-state index in [0.29, 0.717) is 18.0 Å².